The quantitative estimate of drug-likeness (QED) is 0.516. The molecule has 1 saturated heterocycles. The van der Waals surface area contributed by atoms with E-state index in [9.17, 15) is 39.0 Å². The van der Waals surface area contributed by atoms with Gasteiger partial charge in [0.15, 0.2) is 8.68 Å². The number of piperidine rings is 1. The molecule has 1 N–H and O–H groups in total. The van der Waals surface area contributed by atoms with E-state index >= 15 is 0 Å². The van der Waals surface area contributed by atoms with Gasteiger partial charge in [0.25, 0.3) is 0 Å². The largest absolute Gasteiger partial charge is 0.439 e. The first-order valence-corrected chi connectivity index (χ1v) is 11.6. The standard InChI is InChI=1S/C12H17F6NO4S3/c13-10(14,12(17,18)26(21,22)23)11(15,16)25(20,24)19-6-5-8-3-1-2-4-9(8)7-19/h8-9H,1-7H2,(H,21,22,23). The number of hydrogen-bond acceptors (Lipinski definition) is 4. The van der Waals surface area contributed by atoms with Crippen LogP contribution < -0.4 is 0 Å². The molecular weight excluding hydrogens is 432 g/mol. The summed E-state index contributed by atoms with van der Waals surface area (Å²) in [5.41, 5.74) is 0. The molecule has 154 valence electrons. The zero-order chi connectivity index (χ0) is 20.2. The van der Waals surface area contributed by atoms with E-state index in [0.29, 0.717) is 10.7 Å². The van der Waals surface area contributed by atoms with Crippen LogP contribution in [-0.4, -0.2) is 51.0 Å². The van der Waals surface area contributed by atoms with Gasteiger partial charge in [-0.1, -0.05) is 19.3 Å². The van der Waals surface area contributed by atoms with Crippen LogP contribution in [0.15, 0.2) is 0 Å². The van der Waals surface area contributed by atoms with Crippen LogP contribution in [0.5, 0.6) is 0 Å². The molecule has 0 aromatic rings. The van der Waals surface area contributed by atoms with Crippen LogP contribution in [0.25, 0.3) is 0 Å². The highest BCUT2D eigenvalue weighted by Crippen LogP contribution is 2.52. The predicted octanol–water partition coefficient (Wildman–Crippen LogP) is 2.87. The zero-order valence-electron chi connectivity index (χ0n) is 13.2. The second-order valence-corrected chi connectivity index (χ2v) is 11.3. The summed E-state index contributed by atoms with van der Waals surface area (Å²) < 4.78 is 124. The van der Waals surface area contributed by atoms with Crippen LogP contribution in [0.2, 0.25) is 0 Å². The molecule has 14 heteroatoms. The summed E-state index contributed by atoms with van der Waals surface area (Å²) >= 11 is 4.15. The van der Waals surface area contributed by atoms with E-state index in [2.05, 4.69) is 11.2 Å². The third kappa shape index (κ3) is 3.25. The number of fused-ring (bicyclic) bond motifs is 1. The molecule has 1 aliphatic carbocycles. The molecule has 0 aromatic heterocycles. The fourth-order valence-electron chi connectivity index (χ4n) is 3.44. The van der Waals surface area contributed by atoms with E-state index in [1.165, 1.54) is 0 Å². The molecule has 1 heterocycles. The first-order valence-electron chi connectivity index (χ1n) is 7.67. The Bertz CT molecular complexity index is 755. The Labute approximate surface area is 151 Å². The summed E-state index contributed by atoms with van der Waals surface area (Å²) in [6.07, 6.45) is 3.30. The minimum atomic E-state index is -6.91. The summed E-state index contributed by atoms with van der Waals surface area (Å²) in [5.74, 6) is -6.78. The first kappa shape index (κ1) is 22.1. The molecule has 0 radical (unpaired) electrons. The third-order valence-corrected chi connectivity index (χ3v) is 9.05. The molecule has 5 nitrogen and oxygen atoms in total. The lowest BCUT2D eigenvalue weighted by Gasteiger charge is -2.43. The molecule has 3 atom stereocenters. The van der Waals surface area contributed by atoms with Crippen LogP contribution in [0.4, 0.5) is 26.3 Å². The van der Waals surface area contributed by atoms with Gasteiger partial charge in [-0.05, 0) is 24.7 Å². The van der Waals surface area contributed by atoms with E-state index < -0.39 is 35.2 Å². The maximum Gasteiger partial charge on any atom is 0.439 e. The fraction of sp³-hybridized carbons (Fsp3) is 1.00. The van der Waals surface area contributed by atoms with E-state index in [1.807, 2.05) is 0 Å². The Morgan fingerprint density at radius 2 is 1.38 bits per heavy atom. The summed E-state index contributed by atoms with van der Waals surface area (Å²) in [6.45, 7) is -0.678. The third-order valence-electron chi connectivity index (χ3n) is 4.97. The van der Waals surface area contributed by atoms with Gasteiger partial charge in [0.2, 0.25) is 0 Å². The van der Waals surface area contributed by atoms with Gasteiger partial charge in [-0.25, -0.2) is 8.51 Å². The van der Waals surface area contributed by atoms with Gasteiger partial charge in [0.1, 0.15) is 0 Å². The minimum absolute atomic E-state index is 0.124. The molecule has 0 bridgehead atoms. The second kappa shape index (κ2) is 6.71. The molecule has 2 fully saturated rings. The van der Waals surface area contributed by atoms with Gasteiger partial charge < -0.3 is 0 Å². The van der Waals surface area contributed by atoms with Gasteiger partial charge in [0.05, 0.1) is 0 Å². The van der Waals surface area contributed by atoms with Crippen molar-refractivity contribution in [2.75, 3.05) is 13.1 Å². The van der Waals surface area contributed by atoms with E-state index in [-0.39, 0.29) is 31.3 Å². The zero-order valence-corrected chi connectivity index (χ0v) is 15.7. The lowest BCUT2D eigenvalue weighted by atomic mass is 9.76. The lowest BCUT2D eigenvalue weighted by Crippen LogP contribution is -2.63. The Morgan fingerprint density at radius 3 is 1.88 bits per heavy atom. The van der Waals surface area contributed by atoms with Gasteiger partial charge >= 0.3 is 26.5 Å². The maximum absolute atomic E-state index is 14.2. The van der Waals surface area contributed by atoms with E-state index in [4.69, 9.17) is 4.55 Å². The second-order valence-electron chi connectivity index (χ2n) is 6.54. The Balaban J connectivity index is 2.37. The number of nitrogens with zero attached hydrogens (tertiary/aromatic N) is 1. The van der Waals surface area contributed by atoms with Crippen molar-refractivity contribution < 1.29 is 43.5 Å². The molecule has 2 aliphatic rings. The van der Waals surface area contributed by atoms with Crippen molar-refractivity contribution in [3.05, 3.63) is 0 Å². The molecule has 2 rings (SSSR count). The highest BCUT2D eigenvalue weighted by Gasteiger charge is 2.81. The lowest BCUT2D eigenvalue weighted by molar-refractivity contribution is -0.245. The highest BCUT2D eigenvalue weighted by atomic mass is 32.8. The Morgan fingerprint density at radius 1 is 0.885 bits per heavy atom. The van der Waals surface area contributed by atoms with Gasteiger partial charge in [-0.2, -0.15) is 34.8 Å². The molecule has 1 aliphatic heterocycles. The first-order chi connectivity index (χ1) is 11.6. The number of hydrogen-bond donors (Lipinski definition) is 1. The van der Waals surface area contributed by atoms with E-state index in [0.717, 1.165) is 19.3 Å². The van der Waals surface area contributed by atoms with Gasteiger partial charge in [0, 0.05) is 24.3 Å². The van der Waals surface area contributed by atoms with Gasteiger partial charge in [-0.15, -0.1) is 0 Å². The van der Waals surface area contributed by atoms with Crippen LogP contribution in [0.3, 0.4) is 0 Å². The Kier molecular flexibility index (Phi) is 5.70. The normalized spacial score (nSPS) is 29.0. The van der Waals surface area contributed by atoms with Crippen molar-refractivity contribution in [3.8, 4) is 0 Å². The molecule has 1 saturated carbocycles. The number of alkyl halides is 6. The van der Waals surface area contributed by atoms with Crippen molar-refractivity contribution in [2.45, 2.75) is 48.5 Å². The predicted molar refractivity (Wildman–Crippen MR) is 83.5 cm³/mol. The van der Waals surface area contributed by atoms with Crippen LogP contribution in [0, 0.1) is 11.8 Å². The maximum atomic E-state index is 14.2. The van der Waals surface area contributed by atoms with Crippen molar-refractivity contribution in [3.63, 3.8) is 0 Å². The number of halogens is 6. The average Bonchev–Trinajstić information content (AvgIpc) is 2.52. The summed E-state index contributed by atoms with van der Waals surface area (Å²) in [5, 5.41) is -12.6. The topological polar surface area (TPSA) is 74.7 Å². The summed E-state index contributed by atoms with van der Waals surface area (Å²) in [6, 6.07) is 0. The van der Waals surface area contributed by atoms with E-state index in [1.54, 1.807) is 0 Å². The molecular formula is C12H17F6NO4S3. The van der Waals surface area contributed by atoms with Crippen LogP contribution in [0.1, 0.15) is 32.1 Å². The van der Waals surface area contributed by atoms with Crippen LogP contribution >= 0.6 is 0 Å². The van der Waals surface area contributed by atoms with Crippen molar-refractivity contribution in [1.82, 2.24) is 4.31 Å². The monoisotopic (exact) mass is 449 g/mol. The molecule has 0 aromatic carbocycles. The SMILES string of the molecule is O=S(=O)(O)C(F)(F)C(F)(F)C(F)(F)S(=O)(=S)N1CCC2CCCCC2C1. The highest BCUT2D eigenvalue weighted by molar-refractivity contribution is 8.32. The van der Waals surface area contributed by atoms with Gasteiger partial charge in [-0.3, -0.25) is 4.55 Å². The number of rotatable bonds is 5. The summed E-state index contributed by atoms with van der Waals surface area (Å²) in [7, 11) is -12.4. The molecule has 3 unspecified atom stereocenters. The smallest absolute Gasteiger partial charge is 0.281 e. The van der Waals surface area contributed by atoms with Crippen molar-refractivity contribution >= 4 is 30.0 Å². The van der Waals surface area contributed by atoms with Crippen LogP contribution in [-0.2, 0) is 30.0 Å². The molecule has 26 heavy (non-hydrogen) atoms. The average molecular weight is 449 g/mol. The molecule has 0 amide bonds. The van der Waals surface area contributed by atoms with Crippen molar-refractivity contribution in [2.24, 2.45) is 11.8 Å². The molecule has 0 spiro atoms. The fourth-order valence-corrected chi connectivity index (χ4v) is 6.19. The van der Waals surface area contributed by atoms with Crippen molar-refractivity contribution in [1.29, 1.82) is 0 Å². The minimum Gasteiger partial charge on any atom is -0.281 e. The summed E-state index contributed by atoms with van der Waals surface area (Å²) in [4.78, 5) is 0. The Hall–Kier alpha value is -0.180.